The Kier molecular flexibility index (Phi) is 11.3. The first-order valence-corrected chi connectivity index (χ1v) is 16.0. The zero-order valence-electron chi connectivity index (χ0n) is 23.4. The molecule has 2 aromatic rings. The number of nitrogens with two attached hydrogens (primary N) is 1. The van der Waals surface area contributed by atoms with Gasteiger partial charge in [-0.1, -0.05) is 15.9 Å². The SMILES string of the molecule is CCOC(=O)CCC(=O)NCCCN(c1cc(N)c(C(=Nc2ccc(Br)cc2)C(=O)NC)cc1C1CC1)S(C)(=O)=O. The Hall–Kier alpha value is -3.45. The molecular formula is C28H36BrN5O6S. The van der Waals surface area contributed by atoms with E-state index in [-0.39, 0.29) is 55.8 Å². The molecule has 3 rings (SSSR count). The molecular weight excluding hydrogens is 614 g/mol. The van der Waals surface area contributed by atoms with Crippen LogP contribution in [0.25, 0.3) is 0 Å². The Morgan fingerprint density at radius 2 is 1.83 bits per heavy atom. The predicted molar refractivity (Wildman–Crippen MR) is 163 cm³/mol. The van der Waals surface area contributed by atoms with Gasteiger partial charge in [0.15, 0.2) is 0 Å². The number of likely N-dealkylation sites (N-methyl/N-ethyl adjacent to an activating group) is 1. The van der Waals surface area contributed by atoms with Crippen LogP contribution in [0.2, 0.25) is 0 Å². The van der Waals surface area contributed by atoms with E-state index in [1.807, 2.05) is 12.1 Å². The second kappa shape index (κ2) is 14.4. The molecule has 0 radical (unpaired) electrons. The second-order valence-corrected chi connectivity index (χ2v) is 12.5. The zero-order chi connectivity index (χ0) is 30.2. The van der Waals surface area contributed by atoms with Crippen LogP contribution in [-0.4, -0.2) is 64.9 Å². The van der Waals surface area contributed by atoms with Crippen molar-refractivity contribution >= 4 is 66.5 Å². The number of hydrogen-bond acceptors (Lipinski definition) is 8. The molecule has 0 aromatic heterocycles. The maximum Gasteiger partial charge on any atom is 0.306 e. The summed E-state index contributed by atoms with van der Waals surface area (Å²) in [5, 5.41) is 5.33. The molecule has 2 amide bonds. The van der Waals surface area contributed by atoms with Crippen molar-refractivity contribution in [3.05, 3.63) is 52.0 Å². The Balaban J connectivity index is 1.86. The Bertz CT molecular complexity index is 1410. The van der Waals surface area contributed by atoms with Crippen LogP contribution in [0.4, 0.5) is 17.1 Å². The molecule has 13 heteroatoms. The number of esters is 1. The molecule has 1 saturated carbocycles. The Morgan fingerprint density at radius 3 is 2.41 bits per heavy atom. The van der Waals surface area contributed by atoms with E-state index in [2.05, 4.69) is 31.6 Å². The lowest BCUT2D eigenvalue weighted by atomic mass is 9.98. The summed E-state index contributed by atoms with van der Waals surface area (Å²) in [5.74, 6) is -1.06. The predicted octanol–water partition coefficient (Wildman–Crippen LogP) is 3.39. The average Bonchev–Trinajstić information content (AvgIpc) is 3.76. The molecule has 0 atom stereocenters. The van der Waals surface area contributed by atoms with E-state index in [0.717, 1.165) is 29.1 Å². The maximum absolute atomic E-state index is 12.9. The third-order valence-corrected chi connectivity index (χ3v) is 8.08. The van der Waals surface area contributed by atoms with Gasteiger partial charge in [0.25, 0.3) is 5.91 Å². The fraction of sp³-hybridized carbons (Fsp3) is 0.429. The van der Waals surface area contributed by atoms with Gasteiger partial charge < -0.3 is 21.1 Å². The lowest BCUT2D eigenvalue weighted by Gasteiger charge is -2.26. The molecule has 4 N–H and O–H groups in total. The van der Waals surface area contributed by atoms with Crippen LogP contribution in [0.1, 0.15) is 56.1 Å². The lowest BCUT2D eigenvalue weighted by Crippen LogP contribution is -2.35. The van der Waals surface area contributed by atoms with Gasteiger partial charge >= 0.3 is 5.97 Å². The van der Waals surface area contributed by atoms with Gasteiger partial charge in [-0.15, -0.1) is 0 Å². The molecule has 11 nitrogen and oxygen atoms in total. The number of carbonyl (C=O) groups excluding carboxylic acids is 3. The van der Waals surface area contributed by atoms with Gasteiger partial charge in [0, 0.05) is 42.3 Å². The van der Waals surface area contributed by atoms with E-state index in [0.29, 0.717) is 23.4 Å². The number of sulfonamides is 1. The van der Waals surface area contributed by atoms with Crippen LogP contribution in [0.15, 0.2) is 45.9 Å². The van der Waals surface area contributed by atoms with Gasteiger partial charge in [0.05, 0.1) is 30.7 Å². The number of hydrogen-bond donors (Lipinski definition) is 3. The molecule has 1 aliphatic carbocycles. The van der Waals surface area contributed by atoms with Crippen molar-refractivity contribution in [1.29, 1.82) is 0 Å². The fourth-order valence-electron chi connectivity index (χ4n) is 4.21. The summed E-state index contributed by atoms with van der Waals surface area (Å²) in [7, 11) is -2.20. The van der Waals surface area contributed by atoms with Crippen LogP contribution in [0.3, 0.4) is 0 Å². The van der Waals surface area contributed by atoms with E-state index in [4.69, 9.17) is 10.5 Å². The first-order valence-electron chi connectivity index (χ1n) is 13.3. The van der Waals surface area contributed by atoms with Crippen molar-refractivity contribution in [1.82, 2.24) is 10.6 Å². The third kappa shape index (κ3) is 9.28. The number of amides is 2. The number of anilines is 2. The minimum atomic E-state index is -3.71. The quantitative estimate of drug-likeness (QED) is 0.122. The van der Waals surface area contributed by atoms with Crippen molar-refractivity contribution in [3.63, 3.8) is 0 Å². The smallest absolute Gasteiger partial charge is 0.306 e. The van der Waals surface area contributed by atoms with E-state index in [1.54, 1.807) is 31.2 Å². The van der Waals surface area contributed by atoms with Crippen molar-refractivity contribution < 1.29 is 27.5 Å². The third-order valence-electron chi connectivity index (χ3n) is 6.37. The van der Waals surface area contributed by atoms with Crippen LogP contribution >= 0.6 is 15.9 Å². The maximum atomic E-state index is 12.9. The van der Waals surface area contributed by atoms with Gasteiger partial charge in [-0.05, 0) is 74.1 Å². The second-order valence-electron chi connectivity index (χ2n) is 9.63. The van der Waals surface area contributed by atoms with Crippen LogP contribution < -0.4 is 20.7 Å². The number of nitrogens with zero attached hydrogens (tertiary/aromatic N) is 2. The normalized spacial score (nSPS) is 13.4. The summed E-state index contributed by atoms with van der Waals surface area (Å²) in [6, 6.07) is 10.5. The minimum Gasteiger partial charge on any atom is -0.466 e. The van der Waals surface area contributed by atoms with Gasteiger partial charge in [-0.3, -0.25) is 18.7 Å². The molecule has 1 fully saturated rings. The molecule has 0 heterocycles. The van der Waals surface area contributed by atoms with Gasteiger partial charge in [-0.25, -0.2) is 13.4 Å². The highest BCUT2D eigenvalue weighted by molar-refractivity contribution is 9.10. The average molecular weight is 651 g/mol. The summed E-state index contributed by atoms with van der Waals surface area (Å²) in [5.41, 5.74) is 8.98. The number of halogens is 1. The van der Waals surface area contributed by atoms with Crippen molar-refractivity contribution in [2.45, 2.75) is 44.9 Å². The number of nitrogens with one attached hydrogen (secondary N) is 2. The largest absolute Gasteiger partial charge is 0.466 e. The van der Waals surface area contributed by atoms with Gasteiger partial charge in [-0.2, -0.15) is 0 Å². The number of rotatable bonds is 14. The number of benzene rings is 2. The van der Waals surface area contributed by atoms with Crippen molar-refractivity contribution in [3.8, 4) is 0 Å². The highest BCUT2D eigenvalue weighted by Gasteiger charge is 2.32. The highest BCUT2D eigenvalue weighted by atomic mass is 79.9. The number of ether oxygens (including phenoxy) is 1. The van der Waals surface area contributed by atoms with Crippen LogP contribution in [0, 0.1) is 0 Å². The molecule has 41 heavy (non-hydrogen) atoms. The number of aliphatic imine (C=N–C) groups is 1. The summed E-state index contributed by atoms with van der Waals surface area (Å²) >= 11 is 3.39. The first kappa shape index (κ1) is 32.1. The van der Waals surface area contributed by atoms with E-state index in [1.165, 1.54) is 11.4 Å². The summed E-state index contributed by atoms with van der Waals surface area (Å²) in [4.78, 5) is 41.0. The number of carbonyl (C=O) groups is 3. The topological polar surface area (TPSA) is 160 Å². The Labute approximate surface area is 249 Å². The highest BCUT2D eigenvalue weighted by Crippen LogP contribution is 2.46. The molecule has 2 aromatic carbocycles. The summed E-state index contributed by atoms with van der Waals surface area (Å²) in [6.45, 7) is 2.27. The van der Waals surface area contributed by atoms with Crippen molar-refractivity contribution in [2.24, 2.45) is 4.99 Å². The fourth-order valence-corrected chi connectivity index (χ4v) is 5.45. The van der Waals surface area contributed by atoms with E-state index >= 15 is 0 Å². The zero-order valence-corrected chi connectivity index (χ0v) is 25.8. The molecule has 0 aliphatic heterocycles. The van der Waals surface area contributed by atoms with Crippen molar-refractivity contribution in [2.75, 3.05) is 43.0 Å². The summed E-state index contributed by atoms with van der Waals surface area (Å²) in [6.07, 6.45) is 3.19. The summed E-state index contributed by atoms with van der Waals surface area (Å²) < 4.78 is 32.8. The molecule has 1 aliphatic rings. The van der Waals surface area contributed by atoms with Crippen LogP contribution in [-0.2, 0) is 29.1 Å². The monoisotopic (exact) mass is 649 g/mol. The lowest BCUT2D eigenvalue weighted by molar-refractivity contribution is -0.144. The molecule has 0 bridgehead atoms. The van der Waals surface area contributed by atoms with E-state index in [9.17, 15) is 22.8 Å². The molecule has 0 saturated heterocycles. The minimum absolute atomic E-state index is 0.00602. The molecule has 0 unspecified atom stereocenters. The molecule has 0 spiro atoms. The van der Waals surface area contributed by atoms with Gasteiger partial charge in [0.2, 0.25) is 15.9 Å². The molecule has 222 valence electrons. The van der Waals surface area contributed by atoms with Gasteiger partial charge in [0.1, 0.15) is 5.71 Å². The van der Waals surface area contributed by atoms with E-state index < -0.39 is 21.9 Å². The number of nitrogen functional groups attached to an aromatic ring is 1. The standard InChI is InChI=1S/C28H36BrN5O6S/c1-4-40-26(36)13-12-25(35)32-14-5-15-34(41(3,38)39)24-17-23(30)22(16-21(24)18-6-7-18)27(28(37)31-2)33-20-10-8-19(29)9-11-20/h8-11,16-18H,4-7,12-15,30H2,1-3H3,(H,31,37)(H,32,35). The first-order chi connectivity index (χ1) is 19.4. The Morgan fingerprint density at radius 1 is 1.15 bits per heavy atom. The van der Waals surface area contributed by atoms with Crippen LogP contribution in [0.5, 0.6) is 0 Å².